The summed E-state index contributed by atoms with van der Waals surface area (Å²) in [5.41, 5.74) is 3.96. The lowest BCUT2D eigenvalue weighted by atomic mass is 10.0. The maximum atomic E-state index is 12.2. The van der Waals surface area contributed by atoms with Crippen LogP contribution in [0.25, 0.3) is 11.1 Å². The summed E-state index contributed by atoms with van der Waals surface area (Å²) >= 11 is 0. The number of amides is 1. The van der Waals surface area contributed by atoms with Crippen molar-refractivity contribution in [3.05, 3.63) is 78.1 Å². The van der Waals surface area contributed by atoms with Gasteiger partial charge in [0, 0.05) is 24.8 Å². The molecule has 24 heavy (non-hydrogen) atoms. The van der Waals surface area contributed by atoms with Crippen LogP contribution < -0.4 is 5.32 Å². The number of carbonyl (C=O) groups excluding carboxylic acids is 1. The summed E-state index contributed by atoms with van der Waals surface area (Å²) in [6, 6.07) is 19.8. The van der Waals surface area contributed by atoms with E-state index in [-0.39, 0.29) is 5.91 Å². The third-order valence-electron chi connectivity index (χ3n) is 3.88. The highest BCUT2D eigenvalue weighted by atomic mass is 16.1. The minimum absolute atomic E-state index is 0.0359. The van der Waals surface area contributed by atoms with Crippen LogP contribution in [0.5, 0.6) is 0 Å². The van der Waals surface area contributed by atoms with Crippen LogP contribution in [0.4, 0.5) is 0 Å². The highest BCUT2D eigenvalue weighted by Crippen LogP contribution is 2.19. The average Bonchev–Trinajstić information content (AvgIpc) is 3.05. The van der Waals surface area contributed by atoms with Crippen LogP contribution in [-0.4, -0.2) is 22.2 Å². The van der Waals surface area contributed by atoms with Crippen LogP contribution >= 0.6 is 0 Å². The highest BCUT2D eigenvalue weighted by Gasteiger charge is 2.05. The molecule has 3 aromatic rings. The second kappa shape index (κ2) is 7.59. The summed E-state index contributed by atoms with van der Waals surface area (Å²) in [4.78, 5) is 12.2. The van der Waals surface area contributed by atoms with Gasteiger partial charge in [0.2, 0.25) is 0 Å². The van der Waals surface area contributed by atoms with Gasteiger partial charge in [0.05, 0.1) is 5.69 Å². The molecule has 0 aliphatic heterocycles. The maximum Gasteiger partial charge on any atom is 0.251 e. The zero-order valence-corrected chi connectivity index (χ0v) is 13.8. The van der Waals surface area contributed by atoms with Crippen molar-refractivity contribution in [1.29, 1.82) is 0 Å². The predicted molar refractivity (Wildman–Crippen MR) is 95.8 cm³/mol. The maximum absolute atomic E-state index is 12.2. The molecule has 122 valence electrons. The lowest BCUT2D eigenvalue weighted by Gasteiger charge is -2.07. The first-order valence-corrected chi connectivity index (χ1v) is 8.16. The monoisotopic (exact) mass is 319 g/mol. The normalized spacial score (nSPS) is 10.5. The molecule has 2 aromatic carbocycles. The molecule has 4 nitrogen and oxygen atoms in total. The number of rotatable bonds is 6. The van der Waals surface area contributed by atoms with Crippen LogP contribution in [0.2, 0.25) is 0 Å². The van der Waals surface area contributed by atoms with E-state index in [1.54, 1.807) is 0 Å². The van der Waals surface area contributed by atoms with Gasteiger partial charge >= 0.3 is 0 Å². The van der Waals surface area contributed by atoms with Crippen molar-refractivity contribution in [3.8, 4) is 11.1 Å². The number of carbonyl (C=O) groups is 1. The third-order valence-corrected chi connectivity index (χ3v) is 3.88. The molecule has 3 rings (SSSR count). The Morgan fingerprint density at radius 1 is 1.00 bits per heavy atom. The van der Waals surface area contributed by atoms with E-state index in [4.69, 9.17) is 0 Å². The van der Waals surface area contributed by atoms with Crippen molar-refractivity contribution >= 4 is 5.91 Å². The van der Waals surface area contributed by atoms with E-state index in [0.717, 1.165) is 29.8 Å². The summed E-state index contributed by atoms with van der Waals surface area (Å²) in [7, 11) is 0. The van der Waals surface area contributed by atoms with Crippen molar-refractivity contribution < 1.29 is 4.79 Å². The van der Waals surface area contributed by atoms with Crippen LogP contribution in [0, 0.1) is 6.92 Å². The molecule has 0 fully saturated rings. The molecule has 0 bridgehead atoms. The highest BCUT2D eigenvalue weighted by molar-refractivity contribution is 5.94. The van der Waals surface area contributed by atoms with E-state index >= 15 is 0 Å². The Kier molecular flexibility index (Phi) is 5.06. The minimum Gasteiger partial charge on any atom is -0.352 e. The Balaban J connectivity index is 1.50. The SMILES string of the molecule is Cc1ccn(CCCNC(=O)c2ccc(-c3ccccc3)cc2)n1. The van der Waals surface area contributed by atoms with E-state index in [1.807, 2.05) is 66.3 Å². The number of aryl methyl sites for hydroxylation is 2. The van der Waals surface area contributed by atoms with E-state index in [2.05, 4.69) is 22.5 Å². The van der Waals surface area contributed by atoms with Crippen LogP contribution in [0.3, 0.4) is 0 Å². The smallest absolute Gasteiger partial charge is 0.251 e. The number of nitrogens with zero attached hydrogens (tertiary/aromatic N) is 2. The van der Waals surface area contributed by atoms with Crippen molar-refractivity contribution in [2.45, 2.75) is 19.9 Å². The molecule has 1 N–H and O–H groups in total. The van der Waals surface area contributed by atoms with Gasteiger partial charge in [-0.15, -0.1) is 0 Å². The molecule has 1 amide bonds. The number of hydrogen-bond acceptors (Lipinski definition) is 2. The molecule has 0 radical (unpaired) electrons. The van der Waals surface area contributed by atoms with Crippen molar-refractivity contribution in [2.24, 2.45) is 0 Å². The number of hydrogen-bond donors (Lipinski definition) is 1. The molecule has 0 saturated heterocycles. The van der Waals surface area contributed by atoms with Gasteiger partial charge < -0.3 is 5.32 Å². The molecule has 0 atom stereocenters. The summed E-state index contributed by atoms with van der Waals surface area (Å²) in [6.45, 7) is 3.41. The topological polar surface area (TPSA) is 46.9 Å². The average molecular weight is 319 g/mol. The third kappa shape index (κ3) is 4.10. The Labute approximate surface area is 142 Å². The van der Waals surface area contributed by atoms with Gasteiger partial charge in [-0.1, -0.05) is 42.5 Å². The summed E-state index contributed by atoms with van der Waals surface area (Å²) in [5.74, 6) is -0.0359. The molecular weight excluding hydrogens is 298 g/mol. The summed E-state index contributed by atoms with van der Waals surface area (Å²) < 4.78 is 1.90. The number of aromatic nitrogens is 2. The summed E-state index contributed by atoms with van der Waals surface area (Å²) in [6.07, 6.45) is 2.81. The largest absolute Gasteiger partial charge is 0.352 e. The van der Waals surface area contributed by atoms with Gasteiger partial charge in [0.15, 0.2) is 0 Å². The van der Waals surface area contributed by atoms with Gasteiger partial charge in [-0.25, -0.2) is 0 Å². The molecular formula is C20H21N3O. The first-order valence-electron chi connectivity index (χ1n) is 8.16. The van der Waals surface area contributed by atoms with Gasteiger partial charge in [-0.3, -0.25) is 9.48 Å². The molecule has 0 unspecified atom stereocenters. The zero-order chi connectivity index (χ0) is 16.8. The van der Waals surface area contributed by atoms with Crippen LogP contribution in [-0.2, 0) is 6.54 Å². The number of nitrogens with one attached hydrogen (secondary N) is 1. The van der Waals surface area contributed by atoms with Gasteiger partial charge in [0.25, 0.3) is 5.91 Å². The fraction of sp³-hybridized carbons (Fsp3) is 0.200. The quantitative estimate of drug-likeness (QED) is 0.705. The minimum atomic E-state index is -0.0359. The Bertz CT molecular complexity index is 791. The summed E-state index contributed by atoms with van der Waals surface area (Å²) in [5, 5.41) is 7.28. The van der Waals surface area contributed by atoms with Crippen molar-refractivity contribution in [2.75, 3.05) is 6.54 Å². The molecule has 0 aliphatic carbocycles. The molecule has 0 saturated carbocycles. The second-order valence-electron chi connectivity index (χ2n) is 5.77. The molecule has 4 heteroatoms. The second-order valence-corrected chi connectivity index (χ2v) is 5.77. The first kappa shape index (κ1) is 16.0. The van der Waals surface area contributed by atoms with E-state index in [9.17, 15) is 4.79 Å². The van der Waals surface area contributed by atoms with Crippen molar-refractivity contribution in [3.63, 3.8) is 0 Å². The predicted octanol–water partition coefficient (Wildman–Crippen LogP) is 3.68. The first-order chi connectivity index (χ1) is 11.7. The van der Waals surface area contributed by atoms with E-state index in [1.165, 1.54) is 0 Å². The molecule has 1 heterocycles. The van der Waals surface area contributed by atoms with E-state index < -0.39 is 0 Å². The molecule has 0 spiro atoms. The fourth-order valence-electron chi connectivity index (χ4n) is 2.58. The van der Waals surface area contributed by atoms with E-state index in [0.29, 0.717) is 12.1 Å². The lowest BCUT2D eigenvalue weighted by Crippen LogP contribution is -2.25. The zero-order valence-electron chi connectivity index (χ0n) is 13.8. The standard InChI is InChI=1S/C20H21N3O/c1-16-12-15-23(22-16)14-5-13-21-20(24)19-10-8-18(9-11-19)17-6-3-2-4-7-17/h2-4,6-12,15H,5,13-14H2,1H3,(H,21,24). The van der Waals surface area contributed by atoms with Gasteiger partial charge in [-0.05, 0) is 42.7 Å². The van der Waals surface area contributed by atoms with Crippen LogP contribution in [0.1, 0.15) is 22.5 Å². The van der Waals surface area contributed by atoms with Crippen LogP contribution in [0.15, 0.2) is 66.9 Å². The molecule has 0 aliphatic rings. The van der Waals surface area contributed by atoms with Gasteiger partial charge in [0.1, 0.15) is 0 Å². The van der Waals surface area contributed by atoms with Gasteiger partial charge in [-0.2, -0.15) is 5.10 Å². The molecule has 1 aromatic heterocycles. The van der Waals surface area contributed by atoms with Crippen molar-refractivity contribution in [1.82, 2.24) is 15.1 Å². The Morgan fingerprint density at radius 3 is 2.38 bits per heavy atom. The number of benzene rings is 2. The Hall–Kier alpha value is -2.88. The fourth-order valence-corrected chi connectivity index (χ4v) is 2.58. The Morgan fingerprint density at radius 2 is 1.71 bits per heavy atom. The lowest BCUT2D eigenvalue weighted by molar-refractivity contribution is 0.0952.